The van der Waals surface area contributed by atoms with Gasteiger partial charge in [0.05, 0.1) is 6.33 Å². The number of rotatable bonds is 1. The maximum absolute atomic E-state index is 13.0. The van der Waals surface area contributed by atoms with Gasteiger partial charge in [-0.3, -0.25) is 0 Å². The van der Waals surface area contributed by atoms with Gasteiger partial charge in [-0.15, -0.1) is 0 Å². The van der Waals surface area contributed by atoms with Gasteiger partial charge in [-0.05, 0) is 36.1 Å². The molecule has 2 aromatic rings. The molecule has 0 aliphatic heterocycles. The van der Waals surface area contributed by atoms with E-state index in [0.717, 1.165) is 24.1 Å². The topological polar surface area (TPSA) is 28.7 Å². The van der Waals surface area contributed by atoms with Crippen LogP contribution in [0.4, 0.5) is 4.39 Å². The zero-order chi connectivity index (χ0) is 10.3. The zero-order valence-corrected chi connectivity index (χ0v) is 8.20. The molecule has 0 fully saturated rings. The molecule has 1 aromatic heterocycles. The lowest BCUT2D eigenvalue weighted by atomic mass is 9.98. The number of aromatic amines is 1. The summed E-state index contributed by atoms with van der Waals surface area (Å²) >= 11 is 0. The van der Waals surface area contributed by atoms with Crippen LogP contribution in [0.15, 0.2) is 30.7 Å². The monoisotopic (exact) mass is 202 g/mol. The highest BCUT2D eigenvalue weighted by atomic mass is 19.1. The van der Waals surface area contributed by atoms with E-state index in [4.69, 9.17) is 0 Å². The summed E-state index contributed by atoms with van der Waals surface area (Å²) in [7, 11) is 0. The van der Waals surface area contributed by atoms with Crippen molar-refractivity contribution in [1.82, 2.24) is 9.97 Å². The largest absolute Gasteiger partial charge is 0.348 e. The third-order valence-electron chi connectivity index (χ3n) is 3.08. The number of benzene rings is 1. The van der Waals surface area contributed by atoms with Gasteiger partial charge in [0.1, 0.15) is 5.82 Å². The van der Waals surface area contributed by atoms with Gasteiger partial charge in [-0.1, -0.05) is 6.07 Å². The number of imidazole rings is 1. The molecule has 1 aliphatic carbocycles. The summed E-state index contributed by atoms with van der Waals surface area (Å²) in [5, 5.41) is 0. The molecule has 1 atom stereocenters. The van der Waals surface area contributed by atoms with Crippen molar-refractivity contribution in [3.63, 3.8) is 0 Å². The molecule has 1 aliphatic rings. The van der Waals surface area contributed by atoms with E-state index in [1.54, 1.807) is 12.4 Å². The minimum Gasteiger partial charge on any atom is -0.348 e. The van der Waals surface area contributed by atoms with Crippen LogP contribution in [0.1, 0.15) is 29.2 Å². The molecule has 0 saturated carbocycles. The molecule has 0 spiro atoms. The maximum atomic E-state index is 13.0. The third kappa shape index (κ3) is 1.35. The number of hydrogen-bond donors (Lipinski definition) is 1. The Hall–Kier alpha value is -1.64. The molecule has 2 nitrogen and oxygen atoms in total. The molecule has 1 N–H and O–H groups in total. The fraction of sp³-hybridized carbons (Fsp3) is 0.250. The predicted octanol–water partition coefficient (Wildman–Crippen LogP) is 2.63. The van der Waals surface area contributed by atoms with Crippen molar-refractivity contribution >= 4 is 0 Å². The van der Waals surface area contributed by atoms with E-state index in [9.17, 15) is 4.39 Å². The summed E-state index contributed by atoms with van der Waals surface area (Å²) in [5.41, 5.74) is 3.50. The Labute approximate surface area is 87.2 Å². The summed E-state index contributed by atoms with van der Waals surface area (Å²) < 4.78 is 13.0. The molecular weight excluding hydrogens is 191 g/mol. The molecule has 3 rings (SSSR count). The summed E-state index contributed by atoms with van der Waals surface area (Å²) in [5.74, 6) is 0.224. The maximum Gasteiger partial charge on any atom is 0.123 e. The highest BCUT2D eigenvalue weighted by Gasteiger charge is 2.24. The van der Waals surface area contributed by atoms with E-state index in [2.05, 4.69) is 9.97 Å². The Morgan fingerprint density at radius 3 is 3.13 bits per heavy atom. The second-order valence-corrected chi connectivity index (χ2v) is 3.94. The van der Waals surface area contributed by atoms with Crippen molar-refractivity contribution in [3.8, 4) is 0 Å². The van der Waals surface area contributed by atoms with Gasteiger partial charge in [0.15, 0.2) is 0 Å². The average Bonchev–Trinajstić information content (AvgIpc) is 2.82. The fourth-order valence-corrected chi connectivity index (χ4v) is 2.37. The fourth-order valence-electron chi connectivity index (χ4n) is 2.37. The predicted molar refractivity (Wildman–Crippen MR) is 55.2 cm³/mol. The van der Waals surface area contributed by atoms with Gasteiger partial charge in [0.25, 0.3) is 0 Å². The van der Waals surface area contributed by atoms with Crippen molar-refractivity contribution in [2.45, 2.75) is 18.8 Å². The van der Waals surface area contributed by atoms with Crippen molar-refractivity contribution < 1.29 is 4.39 Å². The second kappa shape index (κ2) is 3.19. The number of nitrogens with one attached hydrogen (secondary N) is 1. The van der Waals surface area contributed by atoms with Crippen LogP contribution >= 0.6 is 0 Å². The first-order valence-corrected chi connectivity index (χ1v) is 5.11. The van der Waals surface area contributed by atoms with Crippen molar-refractivity contribution in [2.24, 2.45) is 0 Å². The van der Waals surface area contributed by atoms with Gasteiger partial charge in [0, 0.05) is 17.8 Å². The Morgan fingerprint density at radius 2 is 2.33 bits per heavy atom. The van der Waals surface area contributed by atoms with Gasteiger partial charge >= 0.3 is 0 Å². The molecule has 0 bridgehead atoms. The van der Waals surface area contributed by atoms with Crippen LogP contribution in [0.25, 0.3) is 0 Å². The Morgan fingerprint density at radius 1 is 1.40 bits per heavy atom. The molecule has 15 heavy (non-hydrogen) atoms. The highest BCUT2D eigenvalue weighted by molar-refractivity contribution is 5.39. The van der Waals surface area contributed by atoms with Crippen LogP contribution in [-0.2, 0) is 6.42 Å². The van der Waals surface area contributed by atoms with E-state index in [1.165, 1.54) is 11.6 Å². The molecule has 1 heterocycles. The molecule has 0 radical (unpaired) electrons. The average molecular weight is 202 g/mol. The molecule has 0 amide bonds. The first kappa shape index (κ1) is 8.65. The molecular formula is C12H11FN2. The quantitative estimate of drug-likeness (QED) is 0.756. The second-order valence-electron chi connectivity index (χ2n) is 3.94. The zero-order valence-electron chi connectivity index (χ0n) is 8.20. The van der Waals surface area contributed by atoms with Crippen molar-refractivity contribution in [1.29, 1.82) is 0 Å². The van der Waals surface area contributed by atoms with Gasteiger partial charge in [-0.2, -0.15) is 0 Å². The Bertz CT molecular complexity index is 476. The Balaban J connectivity index is 2.05. The normalized spacial score (nSPS) is 19.1. The van der Waals surface area contributed by atoms with Crippen molar-refractivity contribution in [3.05, 3.63) is 53.4 Å². The summed E-state index contributed by atoms with van der Waals surface area (Å²) in [6.45, 7) is 0. The minimum atomic E-state index is -0.140. The first-order chi connectivity index (χ1) is 7.34. The van der Waals surface area contributed by atoms with Crippen LogP contribution in [-0.4, -0.2) is 9.97 Å². The lowest BCUT2D eigenvalue weighted by Crippen LogP contribution is -1.96. The van der Waals surface area contributed by atoms with Crippen LogP contribution in [0.2, 0.25) is 0 Å². The molecule has 76 valence electrons. The number of aromatic nitrogens is 2. The highest BCUT2D eigenvalue weighted by Crippen LogP contribution is 2.37. The first-order valence-electron chi connectivity index (χ1n) is 5.11. The van der Waals surface area contributed by atoms with E-state index >= 15 is 0 Å². The minimum absolute atomic E-state index is 0.140. The lowest BCUT2D eigenvalue weighted by Gasteiger charge is -2.08. The van der Waals surface area contributed by atoms with E-state index < -0.39 is 0 Å². The molecule has 0 saturated heterocycles. The SMILES string of the molecule is Fc1ccc2c(c1)CCC2c1cnc[nH]1. The number of H-pyrrole nitrogens is 1. The summed E-state index contributed by atoms with van der Waals surface area (Å²) in [4.78, 5) is 7.16. The number of halogens is 1. The molecule has 3 heteroatoms. The van der Waals surface area contributed by atoms with Crippen LogP contribution in [0.3, 0.4) is 0 Å². The summed E-state index contributed by atoms with van der Waals surface area (Å²) in [6, 6.07) is 5.07. The third-order valence-corrected chi connectivity index (χ3v) is 3.08. The smallest absolute Gasteiger partial charge is 0.123 e. The lowest BCUT2D eigenvalue weighted by molar-refractivity contribution is 0.626. The number of fused-ring (bicyclic) bond motifs is 1. The Kier molecular flexibility index (Phi) is 1.84. The van der Waals surface area contributed by atoms with Gasteiger partial charge in [-0.25, -0.2) is 9.37 Å². The standard InChI is InChI=1S/C12H11FN2/c13-9-2-4-10-8(5-9)1-3-11(10)12-6-14-7-15-12/h2,4-7,11H,1,3H2,(H,14,15). The van der Waals surface area contributed by atoms with Crippen LogP contribution in [0.5, 0.6) is 0 Å². The van der Waals surface area contributed by atoms with Gasteiger partial charge < -0.3 is 4.98 Å². The number of hydrogen-bond acceptors (Lipinski definition) is 1. The number of aryl methyl sites for hydroxylation is 1. The van der Waals surface area contributed by atoms with E-state index in [1.807, 2.05) is 12.3 Å². The summed E-state index contributed by atoms with van der Waals surface area (Å²) in [6.07, 6.45) is 5.54. The van der Waals surface area contributed by atoms with Crippen molar-refractivity contribution in [2.75, 3.05) is 0 Å². The van der Waals surface area contributed by atoms with Crippen LogP contribution in [0, 0.1) is 5.82 Å². The van der Waals surface area contributed by atoms with Crippen LogP contribution < -0.4 is 0 Å². The molecule has 1 unspecified atom stereocenters. The molecule has 1 aromatic carbocycles. The van der Waals surface area contributed by atoms with E-state index in [0.29, 0.717) is 5.92 Å². The van der Waals surface area contributed by atoms with E-state index in [-0.39, 0.29) is 5.82 Å². The number of nitrogens with zero attached hydrogens (tertiary/aromatic N) is 1. The van der Waals surface area contributed by atoms with Gasteiger partial charge in [0.2, 0.25) is 0 Å².